The predicted molar refractivity (Wildman–Crippen MR) is 32.5 cm³/mol. The average molecular weight is 137 g/mol. The van der Waals surface area contributed by atoms with Crippen LogP contribution >= 0.6 is 0 Å². The van der Waals surface area contributed by atoms with Gasteiger partial charge in [-0.15, -0.1) is 0 Å². The number of carbonyl (C=O) groups is 1. The van der Waals surface area contributed by atoms with Crippen LogP contribution in [0.1, 0.15) is 5.56 Å². The van der Waals surface area contributed by atoms with Gasteiger partial charge in [0.1, 0.15) is 5.56 Å². The third kappa shape index (κ3) is 0.673. The molecule has 0 bridgehead atoms. The Kier molecular flexibility index (Phi) is 0.974. The molecule has 0 unspecified atom stereocenters. The Labute approximate surface area is 57.2 Å². The third-order valence-corrected chi connectivity index (χ3v) is 1.38. The lowest BCUT2D eigenvalue weighted by Crippen LogP contribution is -1.99. The molecule has 0 aromatic carbocycles. The van der Waals surface area contributed by atoms with E-state index in [2.05, 4.69) is 0 Å². The quantitative estimate of drug-likeness (QED) is 0.395. The topological polar surface area (TPSA) is 37.6 Å². The summed E-state index contributed by atoms with van der Waals surface area (Å²) < 4.78 is 9.64. The van der Waals surface area contributed by atoms with Crippen LogP contribution in [0.4, 0.5) is 0 Å². The van der Waals surface area contributed by atoms with E-state index >= 15 is 0 Å². The van der Waals surface area contributed by atoms with Gasteiger partial charge in [0, 0.05) is 0 Å². The highest BCUT2D eigenvalue weighted by molar-refractivity contribution is 5.80. The normalized spacial score (nSPS) is 14.6. The second-order valence-electron chi connectivity index (χ2n) is 2.10. The molecule has 1 aromatic rings. The van der Waals surface area contributed by atoms with Gasteiger partial charge in [-0.3, -0.25) is 4.79 Å². The smallest absolute Gasteiger partial charge is 0.325 e. The minimum Gasteiger partial charge on any atom is -0.425 e. The van der Waals surface area contributed by atoms with E-state index in [4.69, 9.17) is 9.15 Å². The summed E-state index contributed by atoms with van der Waals surface area (Å²) in [4.78, 5) is 10.6. The second kappa shape index (κ2) is 1.80. The maximum absolute atomic E-state index is 10.6. The Balaban J connectivity index is 2.51. The highest BCUT2D eigenvalue weighted by Gasteiger charge is 2.23. The first-order valence-electron chi connectivity index (χ1n) is 2.95. The van der Waals surface area contributed by atoms with Crippen LogP contribution in [-0.2, 0) is 11.2 Å². The first kappa shape index (κ1) is 5.41. The lowest BCUT2D eigenvalue weighted by molar-refractivity contribution is -0.131. The number of hydrogen-bond acceptors (Lipinski definition) is 2. The summed E-state index contributed by atoms with van der Waals surface area (Å²) in [5.74, 6) is 0.410. The fraction of sp³-hybridized carbons (Fsp3) is 0.143. The van der Waals surface area contributed by atoms with Crippen LogP contribution in [0.15, 0.2) is 23.0 Å². The molecule has 0 aliphatic carbocycles. The van der Waals surface area contributed by atoms with Gasteiger partial charge in [-0.25, -0.2) is 4.42 Å². The number of hydrogen-bond donors (Lipinski definition) is 0. The summed E-state index contributed by atoms with van der Waals surface area (Å²) >= 11 is 0. The van der Waals surface area contributed by atoms with Crippen LogP contribution in [0.3, 0.4) is 0 Å². The van der Waals surface area contributed by atoms with E-state index in [1.807, 2.05) is 0 Å². The SMILES string of the molecule is O=C1Cc2c[o+]ccc2O1. The Hall–Kier alpha value is -1.38. The van der Waals surface area contributed by atoms with E-state index in [1.54, 1.807) is 6.07 Å². The van der Waals surface area contributed by atoms with Crippen molar-refractivity contribution >= 4 is 5.97 Å². The molecule has 1 aliphatic rings. The number of ether oxygens (including phenoxy) is 1. The highest BCUT2D eigenvalue weighted by Crippen LogP contribution is 2.24. The van der Waals surface area contributed by atoms with Crippen LogP contribution in [0.25, 0.3) is 0 Å². The summed E-state index contributed by atoms with van der Waals surface area (Å²) in [6.45, 7) is 0. The fourth-order valence-corrected chi connectivity index (χ4v) is 0.930. The standard InChI is InChI=1S/C7H5O3/c8-7-3-5-4-9-2-1-6(5)10-7/h1-2,4H,3H2/q+1. The van der Waals surface area contributed by atoms with Gasteiger partial charge in [-0.2, -0.15) is 0 Å². The molecule has 50 valence electrons. The number of esters is 1. The van der Waals surface area contributed by atoms with Crippen molar-refractivity contribution in [1.29, 1.82) is 0 Å². The molecular weight excluding hydrogens is 132 g/mol. The van der Waals surface area contributed by atoms with Crippen LogP contribution in [0.5, 0.6) is 5.75 Å². The van der Waals surface area contributed by atoms with Crippen molar-refractivity contribution in [3.8, 4) is 5.75 Å². The highest BCUT2D eigenvalue weighted by atomic mass is 16.5. The fourth-order valence-electron chi connectivity index (χ4n) is 0.930. The van der Waals surface area contributed by atoms with Crippen LogP contribution in [0.2, 0.25) is 0 Å². The van der Waals surface area contributed by atoms with Gasteiger partial charge in [0.15, 0.2) is 5.75 Å². The van der Waals surface area contributed by atoms with E-state index in [1.165, 1.54) is 12.5 Å². The van der Waals surface area contributed by atoms with Gasteiger partial charge >= 0.3 is 18.5 Å². The largest absolute Gasteiger partial charge is 0.425 e. The molecule has 0 radical (unpaired) electrons. The zero-order valence-electron chi connectivity index (χ0n) is 5.16. The Morgan fingerprint density at radius 1 is 1.60 bits per heavy atom. The lowest BCUT2D eigenvalue weighted by atomic mass is 10.2. The summed E-state index contributed by atoms with van der Waals surface area (Å²) in [7, 11) is 0. The Morgan fingerprint density at radius 2 is 2.50 bits per heavy atom. The van der Waals surface area contributed by atoms with Crippen LogP contribution < -0.4 is 4.74 Å². The molecule has 3 heteroatoms. The van der Waals surface area contributed by atoms with E-state index in [-0.39, 0.29) is 5.97 Å². The van der Waals surface area contributed by atoms with Crippen molar-refractivity contribution in [3.05, 3.63) is 24.2 Å². The van der Waals surface area contributed by atoms with Gasteiger partial charge in [-0.05, 0) is 0 Å². The van der Waals surface area contributed by atoms with Crippen molar-refractivity contribution in [1.82, 2.24) is 0 Å². The van der Waals surface area contributed by atoms with Crippen molar-refractivity contribution in [2.24, 2.45) is 0 Å². The molecule has 0 spiro atoms. The van der Waals surface area contributed by atoms with E-state index in [0.29, 0.717) is 12.2 Å². The van der Waals surface area contributed by atoms with E-state index in [0.717, 1.165) is 5.56 Å². The first-order chi connectivity index (χ1) is 4.86. The molecule has 0 saturated carbocycles. The minimum atomic E-state index is -0.212. The average Bonchev–Trinajstić information content (AvgIpc) is 2.27. The maximum atomic E-state index is 10.6. The molecule has 2 rings (SSSR count). The third-order valence-electron chi connectivity index (χ3n) is 1.38. The lowest BCUT2D eigenvalue weighted by Gasteiger charge is -1.86. The van der Waals surface area contributed by atoms with Crippen molar-refractivity contribution in [2.45, 2.75) is 6.42 Å². The maximum Gasteiger partial charge on any atom is 0.325 e. The molecule has 0 fully saturated rings. The molecular formula is C7H5O3+. The van der Waals surface area contributed by atoms with Gasteiger partial charge in [-0.1, -0.05) is 0 Å². The Morgan fingerprint density at radius 3 is 3.30 bits per heavy atom. The van der Waals surface area contributed by atoms with Crippen molar-refractivity contribution in [3.63, 3.8) is 0 Å². The van der Waals surface area contributed by atoms with E-state index in [9.17, 15) is 4.79 Å². The molecule has 0 amide bonds. The number of fused-ring (bicyclic) bond motifs is 1. The van der Waals surface area contributed by atoms with Gasteiger partial charge < -0.3 is 4.74 Å². The number of carbonyl (C=O) groups excluding carboxylic acids is 1. The molecule has 3 nitrogen and oxygen atoms in total. The minimum absolute atomic E-state index is 0.212. The van der Waals surface area contributed by atoms with Crippen LogP contribution in [0, 0.1) is 0 Å². The molecule has 2 heterocycles. The first-order valence-corrected chi connectivity index (χ1v) is 2.95. The monoisotopic (exact) mass is 137 g/mol. The second-order valence-corrected chi connectivity index (χ2v) is 2.10. The van der Waals surface area contributed by atoms with Gasteiger partial charge in [0.2, 0.25) is 0 Å². The van der Waals surface area contributed by atoms with E-state index < -0.39 is 0 Å². The molecule has 0 N–H and O–H groups in total. The summed E-state index contributed by atoms with van der Waals surface area (Å²) in [5.41, 5.74) is 0.826. The zero-order valence-corrected chi connectivity index (χ0v) is 5.16. The van der Waals surface area contributed by atoms with Gasteiger partial charge in [0.25, 0.3) is 0 Å². The van der Waals surface area contributed by atoms with Crippen molar-refractivity contribution in [2.75, 3.05) is 0 Å². The molecule has 1 aliphatic heterocycles. The number of rotatable bonds is 0. The van der Waals surface area contributed by atoms with Gasteiger partial charge in [0.05, 0.1) is 12.5 Å². The van der Waals surface area contributed by atoms with Crippen LogP contribution in [-0.4, -0.2) is 5.97 Å². The zero-order chi connectivity index (χ0) is 6.97. The Bertz CT molecular complexity index is 253. The molecule has 1 aromatic heterocycles. The molecule has 10 heavy (non-hydrogen) atoms. The molecule has 0 atom stereocenters. The van der Waals surface area contributed by atoms with Crippen molar-refractivity contribution < 1.29 is 13.9 Å². The summed E-state index contributed by atoms with van der Waals surface area (Å²) in [6, 6.07) is 1.64. The summed E-state index contributed by atoms with van der Waals surface area (Å²) in [6.07, 6.45) is 3.34. The summed E-state index contributed by atoms with van der Waals surface area (Å²) in [5, 5.41) is 0. The molecule has 0 saturated heterocycles. The predicted octanol–water partition coefficient (Wildman–Crippen LogP) is 1.02.